The second-order valence-electron chi connectivity index (χ2n) is 10.4. The Morgan fingerprint density at radius 2 is 1.30 bits per heavy atom. The van der Waals surface area contributed by atoms with Crippen LogP contribution in [0.5, 0.6) is 0 Å². The summed E-state index contributed by atoms with van der Waals surface area (Å²) in [5.74, 6) is 0.393. The van der Waals surface area contributed by atoms with E-state index in [0.29, 0.717) is 18.0 Å². The molecule has 0 aromatic heterocycles. The zero-order valence-electron chi connectivity index (χ0n) is 20.6. The van der Waals surface area contributed by atoms with Gasteiger partial charge in [0.2, 0.25) is 0 Å². The van der Waals surface area contributed by atoms with Crippen LogP contribution in [0, 0.1) is 0 Å². The number of allylic oxidation sites excluding steroid dienone is 4. The molecule has 3 unspecified atom stereocenters. The van der Waals surface area contributed by atoms with Crippen LogP contribution >= 0.6 is 0 Å². The third-order valence-electron chi connectivity index (χ3n) is 8.49. The molecule has 2 aliphatic carbocycles. The van der Waals surface area contributed by atoms with E-state index >= 15 is 0 Å². The summed E-state index contributed by atoms with van der Waals surface area (Å²) >= 11 is 0. The Morgan fingerprint density at radius 3 is 2.03 bits per heavy atom. The van der Waals surface area contributed by atoms with Crippen molar-refractivity contribution in [3.63, 3.8) is 0 Å². The summed E-state index contributed by atoms with van der Waals surface area (Å²) in [7, 11) is 0. The van der Waals surface area contributed by atoms with E-state index in [0.717, 1.165) is 6.42 Å². The number of hydrogen-bond acceptors (Lipinski definition) is 1. The fraction of sp³-hybridized carbons (Fsp3) is 0.111. The van der Waals surface area contributed by atoms with Gasteiger partial charge < -0.3 is 4.90 Å². The molecular formula is C36H27N. The number of anilines is 1. The van der Waals surface area contributed by atoms with Crippen LogP contribution in [0.15, 0.2) is 134 Å². The summed E-state index contributed by atoms with van der Waals surface area (Å²) in [5.41, 5.74) is 5.42. The van der Waals surface area contributed by atoms with Crippen LogP contribution in [0.2, 0.25) is 0 Å². The lowest BCUT2D eigenvalue weighted by molar-refractivity contribution is 0.615. The zero-order valence-corrected chi connectivity index (χ0v) is 20.6. The Morgan fingerprint density at radius 1 is 0.622 bits per heavy atom. The summed E-state index contributed by atoms with van der Waals surface area (Å²) in [6.07, 6.45) is 17.4. The molecule has 1 heteroatoms. The molecule has 0 spiro atoms. The van der Waals surface area contributed by atoms with Gasteiger partial charge in [0.1, 0.15) is 0 Å². The summed E-state index contributed by atoms with van der Waals surface area (Å²) in [6.45, 7) is 0. The first-order valence-electron chi connectivity index (χ1n) is 13.3. The van der Waals surface area contributed by atoms with Crippen molar-refractivity contribution in [1.29, 1.82) is 0 Å². The molecule has 5 aromatic rings. The molecule has 1 aliphatic heterocycles. The lowest BCUT2D eigenvalue weighted by Crippen LogP contribution is -2.41. The molecule has 1 nitrogen and oxygen atoms in total. The highest BCUT2D eigenvalue weighted by molar-refractivity contribution is 6.25. The number of benzene rings is 5. The van der Waals surface area contributed by atoms with E-state index in [1.165, 1.54) is 54.7 Å². The Bertz CT molecular complexity index is 1800. The molecule has 0 radical (unpaired) electrons. The average Bonchev–Trinajstić information content (AvgIpc) is 3.31. The summed E-state index contributed by atoms with van der Waals surface area (Å²) in [4.78, 5) is 2.65. The molecule has 8 rings (SSSR count). The van der Waals surface area contributed by atoms with Crippen molar-refractivity contribution in [2.75, 3.05) is 4.90 Å². The minimum absolute atomic E-state index is 0.322. The molecule has 3 atom stereocenters. The van der Waals surface area contributed by atoms with Crippen molar-refractivity contribution in [3.8, 4) is 0 Å². The van der Waals surface area contributed by atoms with Crippen LogP contribution in [0.1, 0.15) is 23.5 Å². The first-order chi connectivity index (χ1) is 18.4. The van der Waals surface area contributed by atoms with E-state index < -0.39 is 0 Å². The van der Waals surface area contributed by atoms with Crippen LogP contribution in [0.25, 0.3) is 37.9 Å². The quantitative estimate of drug-likeness (QED) is 0.231. The highest BCUT2D eigenvalue weighted by Crippen LogP contribution is 2.47. The predicted molar refractivity (Wildman–Crippen MR) is 158 cm³/mol. The van der Waals surface area contributed by atoms with Crippen molar-refractivity contribution < 1.29 is 0 Å². The smallest absolute Gasteiger partial charge is 0.0592 e. The Labute approximate surface area is 217 Å². The second kappa shape index (κ2) is 8.08. The number of rotatable bonds is 2. The van der Waals surface area contributed by atoms with E-state index in [2.05, 4.69) is 138 Å². The van der Waals surface area contributed by atoms with E-state index in [9.17, 15) is 0 Å². The van der Waals surface area contributed by atoms with Gasteiger partial charge in [0.15, 0.2) is 0 Å². The van der Waals surface area contributed by atoms with Gasteiger partial charge in [-0.15, -0.1) is 0 Å². The predicted octanol–water partition coefficient (Wildman–Crippen LogP) is 8.96. The number of para-hydroxylation sites is 1. The fourth-order valence-electron chi connectivity index (χ4n) is 6.82. The molecule has 176 valence electrons. The molecule has 3 aliphatic rings. The average molecular weight is 474 g/mol. The number of hydrogen-bond donors (Lipinski definition) is 0. The molecule has 0 saturated heterocycles. The van der Waals surface area contributed by atoms with Gasteiger partial charge in [0.25, 0.3) is 0 Å². The van der Waals surface area contributed by atoms with Crippen LogP contribution in [-0.2, 0) is 0 Å². The van der Waals surface area contributed by atoms with Crippen molar-refractivity contribution in [2.24, 2.45) is 0 Å². The van der Waals surface area contributed by atoms with Crippen molar-refractivity contribution in [3.05, 3.63) is 145 Å². The molecular weight excluding hydrogens is 446 g/mol. The van der Waals surface area contributed by atoms with Crippen molar-refractivity contribution >= 4 is 43.6 Å². The van der Waals surface area contributed by atoms with Gasteiger partial charge in [-0.2, -0.15) is 0 Å². The van der Waals surface area contributed by atoms with E-state index in [-0.39, 0.29) is 0 Å². The summed E-state index contributed by atoms with van der Waals surface area (Å²) < 4.78 is 0. The number of nitrogens with zero attached hydrogens (tertiary/aromatic N) is 1. The largest absolute Gasteiger partial charge is 0.357 e. The number of fused-ring (bicyclic) bond motifs is 9. The third-order valence-corrected chi connectivity index (χ3v) is 8.49. The molecule has 1 heterocycles. The lowest BCUT2D eigenvalue weighted by atomic mass is 9.85. The highest BCUT2D eigenvalue weighted by Gasteiger charge is 2.39. The Balaban J connectivity index is 1.29. The van der Waals surface area contributed by atoms with Gasteiger partial charge in [-0.3, -0.25) is 0 Å². The summed E-state index contributed by atoms with van der Waals surface area (Å²) in [6, 6.07) is 34.4. The molecule has 5 aromatic carbocycles. The molecule has 0 amide bonds. The van der Waals surface area contributed by atoms with Crippen molar-refractivity contribution in [1.82, 2.24) is 0 Å². The minimum atomic E-state index is 0.322. The van der Waals surface area contributed by atoms with Crippen LogP contribution in [0.3, 0.4) is 0 Å². The van der Waals surface area contributed by atoms with Crippen LogP contribution in [-0.4, -0.2) is 12.1 Å². The first kappa shape index (κ1) is 20.8. The SMILES string of the molecule is C1=CCC(N2c3ccccc3C3C=CC(c4ccc5c6ccccc6c6ccccc6c5c4)=CC32)C=C1. The van der Waals surface area contributed by atoms with Crippen LogP contribution in [0.4, 0.5) is 5.69 Å². The van der Waals surface area contributed by atoms with Gasteiger partial charge in [-0.05, 0) is 67.6 Å². The molecule has 0 N–H and O–H groups in total. The maximum absolute atomic E-state index is 2.65. The first-order valence-corrected chi connectivity index (χ1v) is 13.3. The van der Waals surface area contributed by atoms with Gasteiger partial charge in [0.05, 0.1) is 12.1 Å². The standard InChI is InChI=1S/C36H27N/c1-2-10-26(11-3-1)37-35-17-9-8-16-32(35)33-21-19-25(23-36(33)37)24-18-20-31-29-14-5-4-12-27(29)28-13-6-7-15-30(28)34(31)22-24/h1-10,12-23,26,33,36H,11H2. The van der Waals surface area contributed by atoms with Gasteiger partial charge in [-0.1, -0.05) is 121 Å². The highest BCUT2D eigenvalue weighted by atomic mass is 15.2. The third kappa shape index (κ3) is 3.10. The molecule has 0 bridgehead atoms. The van der Waals surface area contributed by atoms with Gasteiger partial charge >= 0.3 is 0 Å². The van der Waals surface area contributed by atoms with Crippen LogP contribution < -0.4 is 4.90 Å². The van der Waals surface area contributed by atoms with E-state index in [4.69, 9.17) is 0 Å². The van der Waals surface area contributed by atoms with E-state index in [1.54, 1.807) is 0 Å². The van der Waals surface area contributed by atoms with Gasteiger partial charge in [-0.25, -0.2) is 0 Å². The van der Waals surface area contributed by atoms with Gasteiger partial charge in [0, 0.05) is 11.6 Å². The normalized spacial score (nSPS) is 22.0. The van der Waals surface area contributed by atoms with Crippen molar-refractivity contribution in [2.45, 2.75) is 24.4 Å². The molecule has 0 fully saturated rings. The maximum Gasteiger partial charge on any atom is 0.0592 e. The lowest BCUT2D eigenvalue weighted by Gasteiger charge is -2.35. The Kier molecular flexibility index (Phi) is 4.54. The molecule has 0 saturated carbocycles. The Hall–Kier alpha value is -4.36. The minimum Gasteiger partial charge on any atom is -0.357 e. The monoisotopic (exact) mass is 473 g/mol. The maximum atomic E-state index is 2.65. The summed E-state index contributed by atoms with van der Waals surface area (Å²) in [5, 5.41) is 7.95. The second-order valence-corrected chi connectivity index (χ2v) is 10.4. The zero-order chi connectivity index (χ0) is 24.3. The fourth-order valence-corrected chi connectivity index (χ4v) is 6.82. The topological polar surface area (TPSA) is 3.24 Å². The van der Waals surface area contributed by atoms with E-state index in [1.807, 2.05) is 0 Å². The molecule has 37 heavy (non-hydrogen) atoms.